The largest absolute Gasteiger partial charge is 0.488 e. The predicted molar refractivity (Wildman–Crippen MR) is 126 cm³/mol. The molecule has 0 N–H and O–H groups in total. The molecule has 0 saturated carbocycles. The first-order chi connectivity index (χ1) is 15.9. The number of hydrogen-bond acceptors (Lipinski definition) is 7. The maximum absolute atomic E-state index is 12.9. The van der Waals surface area contributed by atoms with Crippen LogP contribution in [0.3, 0.4) is 0 Å². The second-order valence-electron chi connectivity index (χ2n) is 6.98. The van der Waals surface area contributed by atoms with Crippen LogP contribution >= 0.6 is 27.7 Å². The van der Waals surface area contributed by atoms with Gasteiger partial charge in [-0.1, -0.05) is 46.3 Å². The molecule has 7 nitrogen and oxygen atoms in total. The third kappa shape index (κ3) is 5.37. The maximum atomic E-state index is 12.9. The van der Waals surface area contributed by atoms with Crippen LogP contribution in [-0.2, 0) is 22.7 Å². The molecule has 1 aliphatic rings. The molecule has 1 saturated heterocycles. The van der Waals surface area contributed by atoms with Crippen LogP contribution < -0.4 is 4.74 Å². The van der Waals surface area contributed by atoms with Crippen molar-refractivity contribution in [1.82, 2.24) is 4.90 Å². The van der Waals surface area contributed by atoms with Crippen molar-refractivity contribution in [3.05, 3.63) is 92.7 Å². The number of nitrogens with zero attached hydrogens (tertiary/aromatic N) is 1. The molecular weight excluding hydrogens is 510 g/mol. The van der Waals surface area contributed by atoms with Gasteiger partial charge >= 0.3 is 5.97 Å². The molecule has 2 aromatic carbocycles. The van der Waals surface area contributed by atoms with Gasteiger partial charge in [-0.2, -0.15) is 0 Å². The van der Waals surface area contributed by atoms with Crippen LogP contribution in [0.2, 0.25) is 0 Å². The first kappa shape index (κ1) is 22.9. The van der Waals surface area contributed by atoms with E-state index in [1.54, 1.807) is 6.08 Å². The van der Waals surface area contributed by atoms with Gasteiger partial charge in [-0.25, -0.2) is 4.79 Å². The number of carbonyl (C=O) groups excluding carboxylic acids is 3. The molecule has 3 aromatic rings. The third-order valence-electron chi connectivity index (χ3n) is 4.75. The van der Waals surface area contributed by atoms with Gasteiger partial charge in [0.05, 0.1) is 18.6 Å². The Balaban J connectivity index is 1.48. The van der Waals surface area contributed by atoms with Gasteiger partial charge in [-0.3, -0.25) is 14.5 Å². The van der Waals surface area contributed by atoms with Crippen LogP contribution in [0, 0.1) is 0 Å². The minimum atomic E-state index is -0.630. The fraction of sp³-hybridized carbons (Fsp3) is 0.125. The summed E-state index contributed by atoms with van der Waals surface area (Å²) >= 11 is 4.25. The van der Waals surface area contributed by atoms with Crippen LogP contribution in [0.4, 0.5) is 4.79 Å². The fourth-order valence-electron chi connectivity index (χ4n) is 3.08. The molecule has 1 fully saturated rings. The Morgan fingerprint density at radius 2 is 1.85 bits per heavy atom. The molecule has 0 radical (unpaired) electrons. The highest BCUT2D eigenvalue weighted by molar-refractivity contribution is 9.10. The summed E-state index contributed by atoms with van der Waals surface area (Å²) in [5.74, 6) is -0.163. The van der Waals surface area contributed by atoms with E-state index in [1.165, 1.54) is 19.2 Å². The van der Waals surface area contributed by atoms with Gasteiger partial charge in [0.2, 0.25) is 5.76 Å². The minimum Gasteiger partial charge on any atom is -0.488 e. The number of thioether (sulfide) groups is 1. The summed E-state index contributed by atoms with van der Waals surface area (Å²) in [6.07, 6.45) is 1.64. The molecule has 2 heterocycles. The van der Waals surface area contributed by atoms with E-state index in [0.29, 0.717) is 23.7 Å². The first-order valence-corrected chi connectivity index (χ1v) is 11.4. The Morgan fingerprint density at radius 3 is 2.61 bits per heavy atom. The van der Waals surface area contributed by atoms with E-state index >= 15 is 0 Å². The molecule has 0 unspecified atom stereocenters. The van der Waals surface area contributed by atoms with Gasteiger partial charge in [-0.15, -0.1) is 0 Å². The molecule has 33 heavy (non-hydrogen) atoms. The molecule has 9 heteroatoms. The topological polar surface area (TPSA) is 86.0 Å². The van der Waals surface area contributed by atoms with Crippen molar-refractivity contribution in [2.75, 3.05) is 7.11 Å². The van der Waals surface area contributed by atoms with Gasteiger partial charge in [0.1, 0.15) is 18.1 Å². The number of esters is 1. The van der Waals surface area contributed by atoms with Crippen LogP contribution in [-0.4, -0.2) is 29.1 Å². The molecule has 0 bridgehead atoms. The Hall–Kier alpha value is -3.30. The van der Waals surface area contributed by atoms with Crippen molar-refractivity contribution in [2.45, 2.75) is 13.2 Å². The van der Waals surface area contributed by atoms with Crippen molar-refractivity contribution in [3.8, 4) is 5.75 Å². The SMILES string of the molecule is COC(=O)c1ccc(CN2C(=O)S/C(=C/c3ccccc3OCc3ccc(Br)cc3)C2=O)o1. The van der Waals surface area contributed by atoms with Gasteiger partial charge in [0.25, 0.3) is 11.1 Å². The molecule has 168 valence electrons. The van der Waals surface area contributed by atoms with Crippen LogP contribution in [0.1, 0.15) is 27.4 Å². The smallest absolute Gasteiger partial charge is 0.373 e. The summed E-state index contributed by atoms with van der Waals surface area (Å²) in [6.45, 7) is 0.279. The highest BCUT2D eigenvalue weighted by atomic mass is 79.9. The lowest BCUT2D eigenvalue weighted by Gasteiger charge is -2.11. The number of benzene rings is 2. The summed E-state index contributed by atoms with van der Waals surface area (Å²) in [5.41, 5.74) is 1.68. The number of carbonyl (C=O) groups is 3. The average Bonchev–Trinajstić information content (AvgIpc) is 3.39. The molecule has 0 spiro atoms. The second-order valence-corrected chi connectivity index (χ2v) is 8.89. The zero-order valence-electron chi connectivity index (χ0n) is 17.4. The monoisotopic (exact) mass is 527 g/mol. The second kappa shape index (κ2) is 10.1. The lowest BCUT2D eigenvalue weighted by Crippen LogP contribution is -2.27. The van der Waals surface area contributed by atoms with E-state index in [2.05, 4.69) is 20.7 Å². The number of amides is 2. The normalized spacial score (nSPS) is 14.7. The Morgan fingerprint density at radius 1 is 1.09 bits per heavy atom. The van der Waals surface area contributed by atoms with E-state index < -0.39 is 17.1 Å². The lowest BCUT2D eigenvalue weighted by molar-refractivity contribution is -0.123. The van der Waals surface area contributed by atoms with Crippen LogP contribution in [0.15, 0.2) is 74.5 Å². The fourth-order valence-corrected chi connectivity index (χ4v) is 4.17. The number of rotatable bonds is 7. The summed E-state index contributed by atoms with van der Waals surface area (Å²) in [7, 11) is 1.24. The van der Waals surface area contributed by atoms with Crippen molar-refractivity contribution in [1.29, 1.82) is 0 Å². The minimum absolute atomic E-state index is 0.00636. The van der Waals surface area contributed by atoms with Gasteiger partial charge < -0.3 is 13.9 Å². The molecule has 2 amide bonds. The van der Waals surface area contributed by atoms with Gasteiger partial charge in [-0.05, 0) is 53.7 Å². The predicted octanol–water partition coefficient (Wildman–Crippen LogP) is 5.64. The Kier molecular flexibility index (Phi) is 7.00. The lowest BCUT2D eigenvalue weighted by atomic mass is 10.1. The number of ether oxygens (including phenoxy) is 2. The van der Waals surface area contributed by atoms with Crippen LogP contribution in [0.5, 0.6) is 5.75 Å². The van der Waals surface area contributed by atoms with E-state index in [4.69, 9.17) is 9.15 Å². The van der Waals surface area contributed by atoms with Gasteiger partial charge in [0, 0.05) is 10.0 Å². The molecular formula is C24H18BrNO6S. The van der Waals surface area contributed by atoms with E-state index in [0.717, 1.165) is 26.7 Å². The van der Waals surface area contributed by atoms with Crippen molar-refractivity contribution >= 4 is 50.9 Å². The Bertz CT molecular complexity index is 1230. The zero-order chi connectivity index (χ0) is 23.4. The number of hydrogen-bond donors (Lipinski definition) is 0. The molecule has 0 aliphatic carbocycles. The molecule has 0 atom stereocenters. The summed E-state index contributed by atoms with van der Waals surface area (Å²) in [5, 5.41) is -0.421. The number of methoxy groups -OCH3 is 1. The quantitative estimate of drug-likeness (QED) is 0.290. The van der Waals surface area contributed by atoms with Crippen molar-refractivity contribution < 1.29 is 28.3 Å². The standard InChI is InChI=1S/C24H18BrNO6S/c1-30-23(28)20-11-10-18(32-20)13-26-22(27)21(33-24(26)29)12-16-4-2-3-5-19(16)31-14-15-6-8-17(25)9-7-15/h2-12H,13-14H2,1H3/b21-12+. The van der Waals surface area contributed by atoms with E-state index in [9.17, 15) is 14.4 Å². The van der Waals surface area contributed by atoms with Crippen molar-refractivity contribution in [2.24, 2.45) is 0 Å². The first-order valence-electron chi connectivity index (χ1n) is 9.83. The Labute approximate surface area is 202 Å². The average molecular weight is 528 g/mol. The number of para-hydroxylation sites is 1. The molecule has 1 aromatic heterocycles. The third-order valence-corrected chi connectivity index (χ3v) is 6.19. The number of halogens is 1. The zero-order valence-corrected chi connectivity index (χ0v) is 19.9. The summed E-state index contributed by atoms with van der Waals surface area (Å²) < 4.78 is 16.9. The maximum Gasteiger partial charge on any atom is 0.373 e. The van der Waals surface area contributed by atoms with E-state index in [1.807, 2.05) is 48.5 Å². The van der Waals surface area contributed by atoms with Gasteiger partial charge in [0.15, 0.2) is 0 Å². The highest BCUT2D eigenvalue weighted by Crippen LogP contribution is 2.35. The number of furan rings is 1. The molecule has 4 rings (SSSR count). The highest BCUT2D eigenvalue weighted by Gasteiger charge is 2.36. The molecule has 1 aliphatic heterocycles. The van der Waals surface area contributed by atoms with E-state index in [-0.39, 0.29) is 17.2 Å². The summed E-state index contributed by atoms with van der Waals surface area (Å²) in [4.78, 5) is 38.2. The number of imide groups is 1. The van der Waals surface area contributed by atoms with Crippen LogP contribution in [0.25, 0.3) is 6.08 Å². The summed E-state index contributed by atoms with van der Waals surface area (Å²) in [6, 6.07) is 18.1. The van der Waals surface area contributed by atoms with Crippen molar-refractivity contribution in [3.63, 3.8) is 0 Å².